The predicted octanol–water partition coefficient (Wildman–Crippen LogP) is 0.214. The second kappa shape index (κ2) is 3.35. The number of ketones is 1. The molecule has 0 radical (unpaired) electrons. The van der Waals surface area contributed by atoms with E-state index >= 15 is 0 Å². The maximum Gasteiger partial charge on any atom is 0.248 e. The topological polar surface area (TPSA) is 46.6 Å². The Hall–Kier alpha value is -0.900. The van der Waals surface area contributed by atoms with E-state index in [1.54, 1.807) is 0 Å². The molecule has 1 aliphatic heterocycles. The molecule has 14 heavy (non-hydrogen) atoms. The molecular formula is C10H15NO3. The van der Waals surface area contributed by atoms with Crippen LogP contribution >= 0.6 is 0 Å². The fourth-order valence-electron chi connectivity index (χ4n) is 2.44. The zero-order chi connectivity index (χ0) is 10.2. The van der Waals surface area contributed by atoms with Crippen LogP contribution in [0.5, 0.6) is 0 Å². The minimum Gasteiger partial charge on any atom is -0.375 e. The van der Waals surface area contributed by atoms with Gasteiger partial charge in [0.25, 0.3) is 0 Å². The van der Waals surface area contributed by atoms with Gasteiger partial charge in [0.15, 0.2) is 0 Å². The van der Waals surface area contributed by atoms with E-state index < -0.39 is 0 Å². The van der Waals surface area contributed by atoms with Gasteiger partial charge in [-0.2, -0.15) is 0 Å². The third-order valence-corrected chi connectivity index (χ3v) is 3.20. The van der Waals surface area contributed by atoms with E-state index in [0.29, 0.717) is 18.6 Å². The fourth-order valence-corrected chi connectivity index (χ4v) is 2.44. The molecule has 1 heterocycles. The lowest BCUT2D eigenvalue weighted by molar-refractivity contribution is -0.137. The largest absolute Gasteiger partial charge is 0.375 e. The molecule has 0 bridgehead atoms. The maximum absolute atomic E-state index is 11.5. The summed E-state index contributed by atoms with van der Waals surface area (Å²) in [5.41, 5.74) is 0.139. The first-order valence-corrected chi connectivity index (χ1v) is 4.94. The Bertz CT molecular complexity index is 267. The van der Waals surface area contributed by atoms with Crippen LogP contribution in [-0.4, -0.2) is 43.4 Å². The molecule has 0 aromatic heterocycles. The van der Waals surface area contributed by atoms with Gasteiger partial charge in [-0.25, -0.2) is 0 Å². The summed E-state index contributed by atoms with van der Waals surface area (Å²) >= 11 is 0. The summed E-state index contributed by atoms with van der Waals surface area (Å²) in [5.74, 6) is 0.384. The number of likely N-dealkylation sites (tertiary alicyclic amines) is 1. The van der Waals surface area contributed by atoms with Crippen LogP contribution in [0.15, 0.2) is 0 Å². The molecule has 0 N–H and O–H groups in total. The second-order valence-corrected chi connectivity index (χ2v) is 4.39. The zero-order valence-electron chi connectivity index (χ0n) is 8.41. The van der Waals surface area contributed by atoms with Crippen LogP contribution in [0.1, 0.15) is 19.3 Å². The highest BCUT2D eigenvalue weighted by atomic mass is 16.5. The number of amides is 1. The molecule has 1 spiro atoms. The van der Waals surface area contributed by atoms with Gasteiger partial charge in [-0.3, -0.25) is 9.59 Å². The number of carbonyl (C=O) groups is 2. The molecular weight excluding hydrogens is 182 g/mol. The van der Waals surface area contributed by atoms with Crippen molar-refractivity contribution in [2.45, 2.75) is 19.3 Å². The van der Waals surface area contributed by atoms with Gasteiger partial charge in [-0.05, 0) is 6.42 Å². The van der Waals surface area contributed by atoms with Crippen LogP contribution < -0.4 is 0 Å². The molecule has 78 valence electrons. The van der Waals surface area contributed by atoms with Gasteiger partial charge in [-0.15, -0.1) is 0 Å². The molecule has 1 amide bonds. The van der Waals surface area contributed by atoms with E-state index in [2.05, 4.69) is 0 Å². The molecule has 1 saturated carbocycles. The van der Waals surface area contributed by atoms with Crippen LogP contribution in [0, 0.1) is 5.41 Å². The van der Waals surface area contributed by atoms with Crippen molar-refractivity contribution in [3.05, 3.63) is 0 Å². The summed E-state index contributed by atoms with van der Waals surface area (Å²) in [6.45, 7) is 1.69. The second-order valence-electron chi connectivity index (χ2n) is 4.39. The lowest BCUT2D eigenvalue weighted by atomic mass is 9.67. The number of nitrogens with zero attached hydrogens (tertiary/aromatic N) is 1. The first-order chi connectivity index (χ1) is 6.65. The number of methoxy groups -OCH3 is 1. The Morgan fingerprint density at radius 1 is 1.57 bits per heavy atom. The van der Waals surface area contributed by atoms with Crippen molar-refractivity contribution < 1.29 is 14.3 Å². The highest BCUT2D eigenvalue weighted by Crippen LogP contribution is 2.45. The molecule has 0 unspecified atom stereocenters. The number of ether oxygens (including phenoxy) is 1. The Balaban J connectivity index is 1.89. The summed E-state index contributed by atoms with van der Waals surface area (Å²) in [7, 11) is 1.52. The molecule has 1 aliphatic carbocycles. The Morgan fingerprint density at radius 2 is 2.29 bits per heavy atom. The smallest absolute Gasteiger partial charge is 0.248 e. The van der Waals surface area contributed by atoms with Crippen molar-refractivity contribution in [2.24, 2.45) is 5.41 Å². The van der Waals surface area contributed by atoms with Crippen LogP contribution in [0.3, 0.4) is 0 Å². The molecule has 0 aromatic rings. The van der Waals surface area contributed by atoms with Crippen molar-refractivity contribution in [3.63, 3.8) is 0 Å². The van der Waals surface area contributed by atoms with Gasteiger partial charge < -0.3 is 9.64 Å². The zero-order valence-corrected chi connectivity index (χ0v) is 8.41. The van der Waals surface area contributed by atoms with Crippen molar-refractivity contribution >= 4 is 11.7 Å². The molecule has 4 heteroatoms. The third kappa shape index (κ3) is 1.54. The summed E-state index contributed by atoms with van der Waals surface area (Å²) in [4.78, 5) is 24.2. The molecule has 0 aromatic carbocycles. The molecule has 0 atom stereocenters. The average Bonchev–Trinajstić information content (AvgIpc) is 2.49. The summed E-state index contributed by atoms with van der Waals surface area (Å²) in [5, 5.41) is 0. The molecule has 4 nitrogen and oxygen atoms in total. The van der Waals surface area contributed by atoms with Gasteiger partial charge in [-0.1, -0.05) is 0 Å². The van der Waals surface area contributed by atoms with E-state index in [9.17, 15) is 9.59 Å². The Kier molecular flexibility index (Phi) is 2.31. The van der Waals surface area contributed by atoms with E-state index in [1.165, 1.54) is 7.11 Å². The van der Waals surface area contributed by atoms with Gasteiger partial charge in [0.2, 0.25) is 5.91 Å². The highest BCUT2D eigenvalue weighted by molar-refractivity contribution is 5.87. The summed E-state index contributed by atoms with van der Waals surface area (Å²) in [6, 6.07) is 0. The van der Waals surface area contributed by atoms with Crippen molar-refractivity contribution in [1.82, 2.24) is 4.90 Å². The van der Waals surface area contributed by atoms with Crippen molar-refractivity contribution in [1.29, 1.82) is 0 Å². The van der Waals surface area contributed by atoms with Crippen LogP contribution in [-0.2, 0) is 14.3 Å². The normalized spacial score (nSPS) is 24.1. The molecule has 2 aliphatic rings. The van der Waals surface area contributed by atoms with Crippen molar-refractivity contribution in [2.75, 3.05) is 26.8 Å². The van der Waals surface area contributed by atoms with Crippen LogP contribution in [0.4, 0.5) is 0 Å². The third-order valence-electron chi connectivity index (χ3n) is 3.20. The maximum atomic E-state index is 11.5. The number of Topliss-reactive ketones (excluding diaryl/α,β-unsaturated/α-hetero) is 1. The lowest BCUT2D eigenvalue weighted by Crippen LogP contribution is -2.41. The first kappa shape index (κ1) is 9.65. The van der Waals surface area contributed by atoms with Gasteiger partial charge >= 0.3 is 0 Å². The molecule has 2 fully saturated rings. The quantitative estimate of drug-likeness (QED) is 0.636. The Morgan fingerprint density at radius 3 is 2.86 bits per heavy atom. The van der Waals surface area contributed by atoms with Crippen LogP contribution in [0.25, 0.3) is 0 Å². The van der Waals surface area contributed by atoms with E-state index in [0.717, 1.165) is 19.5 Å². The standard InChI is InChI=1S/C10H15NO3/c1-14-6-9(13)11-3-2-10(7-11)4-8(12)5-10/h2-7H2,1H3. The minimum atomic E-state index is 0.0451. The monoisotopic (exact) mass is 197 g/mol. The van der Waals surface area contributed by atoms with Gasteiger partial charge in [0.1, 0.15) is 12.4 Å². The number of hydrogen-bond acceptors (Lipinski definition) is 3. The number of hydrogen-bond donors (Lipinski definition) is 0. The first-order valence-electron chi connectivity index (χ1n) is 4.94. The Labute approximate surface area is 83.2 Å². The minimum absolute atomic E-state index is 0.0451. The van der Waals surface area contributed by atoms with Gasteiger partial charge in [0.05, 0.1) is 0 Å². The van der Waals surface area contributed by atoms with Crippen LogP contribution in [0.2, 0.25) is 0 Å². The summed E-state index contributed by atoms with van der Waals surface area (Å²) < 4.78 is 4.80. The van der Waals surface area contributed by atoms with Crippen molar-refractivity contribution in [3.8, 4) is 0 Å². The predicted molar refractivity (Wildman–Crippen MR) is 49.7 cm³/mol. The number of carbonyl (C=O) groups excluding carboxylic acids is 2. The van der Waals surface area contributed by atoms with E-state index in [4.69, 9.17) is 4.74 Å². The van der Waals surface area contributed by atoms with Gasteiger partial charge in [0, 0.05) is 38.5 Å². The summed E-state index contributed by atoms with van der Waals surface area (Å²) in [6.07, 6.45) is 2.32. The lowest BCUT2D eigenvalue weighted by Gasteiger charge is -2.36. The number of rotatable bonds is 2. The molecule has 2 rings (SSSR count). The SMILES string of the molecule is COCC(=O)N1CCC2(CC(=O)C2)C1. The van der Waals surface area contributed by atoms with E-state index in [1.807, 2.05) is 4.90 Å². The average molecular weight is 197 g/mol. The molecule has 1 saturated heterocycles. The van der Waals surface area contributed by atoms with E-state index in [-0.39, 0.29) is 17.9 Å². The highest BCUT2D eigenvalue weighted by Gasteiger charge is 2.48. The fraction of sp³-hybridized carbons (Fsp3) is 0.800.